The number of esters is 1. The van der Waals surface area contributed by atoms with Crippen molar-refractivity contribution in [3.05, 3.63) is 52.7 Å². The van der Waals surface area contributed by atoms with Gasteiger partial charge in [-0.15, -0.1) is 0 Å². The molecule has 3 aliphatic rings. The van der Waals surface area contributed by atoms with Crippen LogP contribution < -0.4 is 4.74 Å². The zero-order valence-corrected chi connectivity index (χ0v) is 18.0. The van der Waals surface area contributed by atoms with Crippen molar-refractivity contribution in [1.82, 2.24) is 9.80 Å². The van der Waals surface area contributed by atoms with Gasteiger partial charge in [0, 0.05) is 24.9 Å². The molecule has 1 saturated heterocycles. The molecule has 0 radical (unpaired) electrons. The molecule has 1 unspecified atom stereocenters. The van der Waals surface area contributed by atoms with Crippen molar-refractivity contribution in [3.8, 4) is 5.75 Å². The number of hydrogen-bond acceptors (Lipinski definition) is 7. The van der Waals surface area contributed by atoms with Gasteiger partial charge in [0.05, 0.1) is 23.9 Å². The Kier molecular flexibility index (Phi) is 6.13. The van der Waals surface area contributed by atoms with Gasteiger partial charge in [0.1, 0.15) is 5.75 Å². The summed E-state index contributed by atoms with van der Waals surface area (Å²) in [6.07, 6.45) is 3.99. The Morgan fingerprint density at radius 2 is 2.00 bits per heavy atom. The van der Waals surface area contributed by atoms with Gasteiger partial charge in [-0.1, -0.05) is 30.0 Å². The number of amidine groups is 1. The Hall–Kier alpha value is -2.74. The first-order valence-corrected chi connectivity index (χ1v) is 11.1. The summed E-state index contributed by atoms with van der Waals surface area (Å²) in [5.41, 5.74) is 1.91. The van der Waals surface area contributed by atoms with Crippen LogP contribution in [-0.4, -0.2) is 53.1 Å². The van der Waals surface area contributed by atoms with Gasteiger partial charge in [0.15, 0.2) is 11.8 Å². The predicted molar refractivity (Wildman–Crippen MR) is 116 cm³/mol. The summed E-state index contributed by atoms with van der Waals surface area (Å²) in [4.78, 5) is 33.7. The first kappa shape index (κ1) is 20.5. The minimum Gasteiger partial charge on any atom is -0.483 e. The Morgan fingerprint density at radius 1 is 1.23 bits per heavy atom. The molecule has 30 heavy (non-hydrogen) atoms. The second-order valence-electron chi connectivity index (χ2n) is 7.24. The summed E-state index contributed by atoms with van der Waals surface area (Å²) in [6.45, 7) is 5.45. The lowest BCUT2D eigenvalue weighted by Crippen LogP contribution is -2.35. The highest BCUT2D eigenvalue weighted by Gasteiger charge is 2.38. The molecule has 0 saturated carbocycles. The molecule has 3 heterocycles. The van der Waals surface area contributed by atoms with Crippen molar-refractivity contribution in [2.45, 2.75) is 32.7 Å². The highest BCUT2D eigenvalue weighted by molar-refractivity contribution is 8.16. The highest BCUT2D eigenvalue weighted by atomic mass is 32.2. The van der Waals surface area contributed by atoms with Crippen LogP contribution in [0.4, 0.5) is 0 Å². The maximum absolute atomic E-state index is 12.8. The van der Waals surface area contributed by atoms with Gasteiger partial charge in [0.25, 0.3) is 5.91 Å². The number of ether oxygens (including phenoxy) is 2. The van der Waals surface area contributed by atoms with Crippen LogP contribution in [-0.2, 0) is 14.3 Å². The third-order valence-corrected chi connectivity index (χ3v) is 6.11. The summed E-state index contributed by atoms with van der Waals surface area (Å²) in [5, 5.41) is 2.74. The van der Waals surface area contributed by atoms with E-state index >= 15 is 0 Å². The van der Waals surface area contributed by atoms with Crippen LogP contribution in [0.2, 0.25) is 0 Å². The fourth-order valence-corrected chi connectivity index (χ4v) is 4.70. The number of carbonyl (C=O) groups is 2. The predicted octanol–water partition coefficient (Wildman–Crippen LogP) is 3.46. The van der Waals surface area contributed by atoms with Crippen LogP contribution >= 0.6 is 11.8 Å². The maximum atomic E-state index is 12.8. The van der Waals surface area contributed by atoms with Crippen LogP contribution in [0.1, 0.15) is 38.3 Å². The number of para-hydroxylation sites is 1. The van der Waals surface area contributed by atoms with Gasteiger partial charge in [0.2, 0.25) is 0 Å². The normalized spacial score (nSPS) is 20.3. The summed E-state index contributed by atoms with van der Waals surface area (Å²) >= 11 is 1.50. The van der Waals surface area contributed by atoms with E-state index in [1.807, 2.05) is 52.6 Å². The van der Waals surface area contributed by atoms with Crippen molar-refractivity contribution in [1.29, 1.82) is 0 Å². The summed E-state index contributed by atoms with van der Waals surface area (Å²) in [6, 6.07) is 7.10. The Balaban J connectivity index is 1.65. The van der Waals surface area contributed by atoms with Gasteiger partial charge < -0.3 is 19.3 Å². The summed E-state index contributed by atoms with van der Waals surface area (Å²) in [5.74, 6) is 0.175. The lowest BCUT2D eigenvalue weighted by Gasteiger charge is -2.34. The second kappa shape index (κ2) is 8.95. The second-order valence-corrected chi connectivity index (χ2v) is 8.11. The molecule has 1 aromatic carbocycles. The molecule has 8 heteroatoms. The molecule has 1 fully saturated rings. The average molecular weight is 428 g/mol. The van der Waals surface area contributed by atoms with Crippen molar-refractivity contribution in [2.75, 3.05) is 26.3 Å². The van der Waals surface area contributed by atoms with E-state index in [1.54, 1.807) is 6.92 Å². The molecule has 0 aliphatic carbocycles. The fourth-order valence-electron chi connectivity index (χ4n) is 3.91. The van der Waals surface area contributed by atoms with Gasteiger partial charge in [-0.3, -0.25) is 4.79 Å². The molecule has 3 aliphatic heterocycles. The highest BCUT2D eigenvalue weighted by Crippen LogP contribution is 2.43. The van der Waals surface area contributed by atoms with E-state index in [4.69, 9.17) is 9.47 Å². The number of carbonyl (C=O) groups excluding carboxylic acids is 2. The van der Waals surface area contributed by atoms with Crippen molar-refractivity contribution in [2.24, 2.45) is 4.99 Å². The zero-order chi connectivity index (χ0) is 21.1. The van der Waals surface area contributed by atoms with Gasteiger partial charge in [-0.25, -0.2) is 9.79 Å². The first-order valence-electron chi connectivity index (χ1n) is 10.2. The molecule has 0 N–H and O–H groups in total. The lowest BCUT2D eigenvalue weighted by atomic mass is 9.94. The van der Waals surface area contributed by atoms with E-state index in [0.717, 1.165) is 36.7 Å². The largest absolute Gasteiger partial charge is 0.483 e. The van der Waals surface area contributed by atoms with E-state index < -0.39 is 12.0 Å². The molecule has 0 aromatic heterocycles. The SMILES string of the molecule is CCOC(=O)C1=C(C)N=C2SC=CN2C1c1ccccc1OCC(=O)N1CCCC1. The third kappa shape index (κ3) is 3.96. The summed E-state index contributed by atoms with van der Waals surface area (Å²) in [7, 11) is 0. The topological polar surface area (TPSA) is 71.4 Å². The third-order valence-electron chi connectivity index (χ3n) is 5.34. The number of hydrogen-bond donors (Lipinski definition) is 0. The fraction of sp³-hybridized carbons (Fsp3) is 0.409. The molecule has 4 rings (SSSR count). The van der Waals surface area contributed by atoms with Crippen LogP contribution in [0.25, 0.3) is 0 Å². The minimum absolute atomic E-state index is 0.0119. The van der Waals surface area contributed by atoms with E-state index in [0.29, 0.717) is 17.0 Å². The number of rotatable bonds is 6. The van der Waals surface area contributed by atoms with E-state index in [1.165, 1.54) is 11.8 Å². The van der Waals surface area contributed by atoms with Crippen LogP contribution in [0.15, 0.2) is 52.1 Å². The Morgan fingerprint density at radius 3 is 2.77 bits per heavy atom. The number of likely N-dealkylation sites (tertiary alicyclic amines) is 1. The molecule has 1 amide bonds. The molecule has 7 nitrogen and oxygen atoms in total. The number of amides is 1. The number of nitrogens with zero attached hydrogens (tertiary/aromatic N) is 3. The Labute approximate surface area is 180 Å². The number of allylic oxidation sites excluding steroid dienone is 1. The number of benzene rings is 1. The first-order chi connectivity index (χ1) is 14.6. The average Bonchev–Trinajstić information content (AvgIpc) is 3.43. The van der Waals surface area contributed by atoms with Crippen molar-refractivity contribution >= 4 is 28.8 Å². The van der Waals surface area contributed by atoms with Gasteiger partial charge >= 0.3 is 5.97 Å². The van der Waals surface area contributed by atoms with Crippen molar-refractivity contribution < 1.29 is 19.1 Å². The number of aliphatic imine (C=N–C) groups is 1. The quantitative estimate of drug-likeness (QED) is 0.648. The van der Waals surface area contributed by atoms with Crippen LogP contribution in [0.5, 0.6) is 5.75 Å². The zero-order valence-electron chi connectivity index (χ0n) is 17.2. The number of thioether (sulfide) groups is 1. The van der Waals surface area contributed by atoms with Gasteiger partial charge in [-0.2, -0.15) is 0 Å². The molecular formula is C22H25N3O4S. The maximum Gasteiger partial charge on any atom is 0.338 e. The van der Waals surface area contributed by atoms with Crippen LogP contribution in [0.3, 0.4) is 0 Å². The smallest absolute Gasteiger partial charge is 0.338 e. The van der Waals surface area contributed by atoms with Gasteiger partial charge in [-0.05, 0) is 38.2 Å². The molecule has 1 aromatic rings. The lowest BCUT2D eigenvalue weighted by molar-refractivity contribution is -0.139. The standard InChI is InChI=1S/C22H25N3O4S/c1-3-28-21(27)19-15(2)23-22-25(12-13-30-22)20(19)16-8-4-5-9-17(16)29-14-18(26)24-10-6-7-11-24/h4-5,8-9,12-13,20H,3,6-7,10-11,14H2,1-2H3. The van der Waals surface area contributed by atoms with E-state index in [-0.39, 0.29) is 19.1 Å². The van der Waals surface area contributed by atoms with E-state index in [2.05, 4.69) is 4.99 Å². The summed E-state index contributed by atoms with van der Waals surface area (Å²) < 4.78 is 11.3. The molecule has 0 bridgehead atoms. The van der Waals surface area contributed by atoms with Crippen molar-refractivity contribution in [3.63, 3.8) is 0 Å². The Bertz CT molecular complexity index is 934. The monoisotopic (exact) mass is 427 g/mol. The number of fused-ring (bicyclic) bond motifs is 1. The minimum atomic E-state index is -0.430. The molecule has 158 valence electrons. The van der Waals surface area contributed by atoms with E-state index in [9.17, 15) is 9.59 Å². The molecule has 0 spiro atoms. The molecular weight excluding hydrogens is 402 g/mol. The van der Waals surface area contributed by atoms with Crippen LogP contribution in [0, 0.1) is 0 Å². The molecule has 1 atom stereocenters.